The molecule has 3 aromatic rings. The van der Waals surface area contributed by atoms with Crippen LogP contribution in [0.1, 0.15) is 30.1 Å². The van der Waals surface area contributed by atoms with Gasteiger partial charge in [0.05, 0.1) is 20.3 Å². The molecule has 2 heterocycles. The molecule has 1 aliphatic heterocycles. The third kappa shape index (κ3) is 3.80. The summed E-state index contributed by atoms with van der Waals surface area (Å²) in [5, 5.41) is 0.630. The number of ether oxygens (including phenoxy) is 2. The molecule has 0 saturated heterocycles. The van der Waals surface area contributed by atoms with E-state index in [-0.39, 0.29) is 11.7 Å². The summed E-state index contributed by atoms with van der Waals surface area (Å²) >= 11 is 5.92. The highest BCUT2D eigenvalue weighted by Gasteiger charge is 2.35. The molecule has 0 spiro atoms. The van der Waals surface area contributed by atoms with E-state index >= 15 is 0 Å². The quantitative estimate of drug-likeness (QED) is 0.556. The fourth-order valence-corrected chi connectivity index (χ4v) is 3.22. The first kappa shape index (κ1) is 19.3. The Morgan fingerprint density at radius 2 is 1.93 bits per heavy atom. The summed E-state index contributed by atoms with van der Waals surface area (Å²) in [6.45, 7) is 5.08. The van der Waals surface area contributed by atoms with E-state index in [4.69, 9.17) is 25.5 Å². The zero-order chi connectivity index (χ0) is 20.5. The first-order valence-corrected chi connectivity index (χ1v) is 9.72. The molecule has 0 radical (unpaired) electrons. The first-order chi connectivity index (χ1) is 14.0. The van der Waals surface area contributed by atoms with Crippen LogP contribution < -0.4 is 14.4 Å². The van der Waals surface area contributed by atoms with Gasteiger partial charge in [0, 0.05) is 22.3 Å². The summed E-state index contributed by atoms with van der Waals surface area (Å²) in [4.78, 5) is 19.0. The van der Waals surface area contributed by atoms with Crippen LogP contribution in [0.4, 0.5) is 5.69 Å². The summed E-state index contributed by atoms with van der Waals surface area (Å²) in [6, 6.07) is 12.6. The predicted molar refractivity (Wildman–Crippen MR) is 111 cm³/mol. The number of oxazole rings is 1. The largest absolute Gasteiger partial charge is 0.493 e. The van der Waals surface area contributed by atoms with Gasteiger partial charge in [0.2, 0.25) is 11.7 Å². The van der Waals surface area contributed by atoms with Crippen molar-refractivity contribution in [2.45, 2.75) is 20.4 Å². The van der Waals surface area contributed by atoms with Gasteiger partial charge in [0.25, 0.3) is 5.91 Å². The number of carbonyl (C=O) groups is 1. The maximum Gasteiger partial charge on any atom is 0.296 e. The van der Waals surface area contributed by atoms with Crippen LogP contribution in [-0.2, 0) is 6.54 Å². The number of amides is 1. The minimum atomic E-state index is -0.231. The van der Waals surface area contributed by atoms with Gasteiger partial charge in [-0.05, 0) is 42.3 Å². The maximum atomic E-state index is 12.9. The lowest BCUT2D eigenvalue weighted by molar-refractivity contribution is 0.0972. The van der Waals surface area contributed by atoms with Crippen molar-refractivity contribution in [1.29, 1.82) is 0 Å². The monoisotopic (exact) mass is 412 g/mol. The molecule has 0 unspecified atom stereocenters. The van der Waals surface area contributed by atoms with Gasteiger partial charge in [0.15, 0.2) is 11.5 Å². The van der Waals surface area contributed by atoms with Crippen LogP contribution >= 0.6 is 11.6 Å². The third-order valence-corrected chi connectivity index (χ3v) is 4.82. The van der Waals surface area contributed by atoms with Crippen LogP contribution in [-0.4, -0.2) is 24.6 Å². The van der Waals surface area contributed by atoms with E-state index in [9.17, 15) is 4.79 Å². The summed E-state index contributed by atoms with van der Waals surface area (Å²) in [5.41, 5.74) is 2.08. The Morgan fingerprint density at radius 3 is 2.59 bits per heavy atom. The minimum absolute atomic E-state index is 0.231. The number of halogens is 1. The lowest BCUT2D eigenvalue weighted by Gasteiger charge is -2.18. The molecule has 1 aliphatic rings. The van der Waals surface area contributed by atoms with Crippen molar-refractivity contribution >= 4 is 23.2 Å². The lowest BCUT2D eigenvalue weighted by Crippen LogP contribution is -2.23. The van der Waals surface area contributed by atoms with Crippen molar-refractivity contribution in [1.82, 2.24) is 4.98 Å². The van der Waals surface area contributed by atoms with E-state index in [1.807, 2.05) is 24.3 Å². The molecule has 0 saturated carbocycles. The molecule has 0 bridgehead atoms. The average Bonchev–Trinajstić information content (AvgIpc) is 3.26. The second-order valence-corrected chi connectivity index (χ2v) is 7.67. The van der Waals surface area contributed by atoms with Crippen LogP contribution in [0.3, 0.4) is 0 Å². The number of hydrogen-bond donors (Lipinski definition) is 0. The molecule has 4 rings (SSSR count). The first-order valence-electron chi connectivity index (χ1n) is 9.34. The Bertz CT molecular complexity index is 1040. The normalized spacial score (nSPS) is 13.1. The molecule has 0 aliphatic carbocycles. The van der Waals surface area contributed by atoms with Gasteiger partial charge in [-0.25, -0.2) is 4.98 Å². The van der Waals surface area contributed by atoms with Crippen molar-refractivity contribution < 1.29 is 18.7 Å². The van der Waals surface area contributed by atoms with E-state index in [0.717, 1.165) is 5.56 Å². The number of fused-ring (bicyclic) bond motifs is 1. The Morgan fingerprint density at radius 1 is 1.17 bits per heavy atom. The van der Waals surface area contributed by atoms with Crippen LogP contribution in [0.5, 0.6) is 11.5 Å². The van der Waals surface area contributed by atoms with E-state index in [0.29, 0.717) is 52.9 Å². The Balaban J connectivity index is 1.56. The molecule has 0 N–H and O–H groups in total. The number of carbonyl (C=O) groups excluding carboxylic acids is 1. The molecule has 150 valence electrons. The molecule has 29 heavy (non-hydrogen) atoms. The van der Waals surface area contributed by atoms with Crippen molar-refractivity contribution in [3.8, 4) is 23.0 Å². The van der Waals surface area contributed by atoms with Crippen molar-refractivity contribution in [2.24, 2.45) is 5.92 Å². The molecule has 6 nitrogen and oxygen atoms in total. The Labute approximate surface area is 174 Å². The fourth-order valence-electron chi connectivity index (χ4n) is 3.09. The van der Waals surface area contributed by atoms with Crippen LogP contribution in [0, 0.1) is 5.92 Å². The molecule has 1 aromatic heterocycles. The Hall–Kier alpha value is -2.99. The zero-order valence-electron chi connectivity index (χ0n) is 16.4. The van der Waals surface area contributed by atoms with Gasteiger partial charge in [-0.2, -0.15) is 0 Å². The summed E-state index contributed by atoms with van der Waals surface area (Å²) in [6.07, 6.45) is 0. The van der Waals surface area contributed by atoms with Crippen molar-refractivity contribution in [3.05, 3.63) is 58.9 Å². The number of rotatable bonds is 6. The SMILES string of the molecule is COc1cc(N2Cc3nc(-c4ccc(Cl)cc4)oc3C2=O)ccc1OCC(C)C. The van der Waals surface area contributed by atoms with Crippen LogP contribution in [0.25, 0.3) is 11.5 Å². The fraction of sp³-hybridized carbons (Fsp3) is 0.273. The zero-order valence-corrected chi connectivity index (χ0v) is 17.2. The standard InChI is InChI=1S/C22H21ClN2O4/c1-13(2)12-28-18-9-8-16(10-19(18)27-3)25-11-17-20(22(25)26)29-21(24-17)14-4-6-15(23)7-5-14/h4-10,13H,11-12H2,1-3H3. The van der Waals surface area contributed by atoms with Gasteiger partial charge in [-0.1, -0.05) is 25.4 Å². The second kappa shape index (κ2) is 7.79. The number of nitrogens with zero attached hydrogens (tertiary/aromatic N) is 2. The van der Waals surface area contributed by atoms with E-state index < -0.39 is 0 Å². The predicted octanol–water partition coefficient (Wildman–Crippen LogP) is 5.20. The average molecular weight is 413 g/mol. The molecule has 0 atom stereocenters. The minimum Gasteiger partial charge on any atom is -0.493 e. The maximum absolute atomic E-state index is 12.9. The number of benzene rings is 2. The van der Waals surface area contributed by atoms with Gasteiger partial charge >= 0.3 is 0 Å². The Kier molecular flexibility index (Phi) is 5.20. The molecule has 7 heteroatoms. The number of anilines is 1. The van der Waals surface area contributed by atoms with Crippen LogP contribution in [0.15, 0.2) is 46.9 Å². The number of hydrogen-bond acceptors (Lipinski definition) is 5. The summed E-state index contributed by atoms with van der Waals surface area (Å²) in [5.74, 6) is 2.07. The smallest absolute Gasteiger partial charge is 0.296 e. The highest BCUT2D eigenvalue weighted by Crippen LogP contribution is 2.36. The van der Waals surface area contributed by atoms with Crippen LogP contribution in [0.2, 0.25) is 5.02 Å². The molecule has 1 amide bonds. The van der Waals surface area contributed by atoms with Gasteiger partial charge < -0.3 is 13.9 Å². The number of aromatic nitrogens is 1. The molecular weight excluding hydrogens is 392 g/mol. The third-order valence-electron chi connectivity index (χ3n) is 4.57. The van der Waals surface area contributed by atoms with Crippen molar-refractivity contribution in [2.75, 3.05) is 18.6 Å². The van der Waals surface area contributed by atoms with Gasteiger partial charge in [-0.15, -0.1) is 0 Å². The molecular formula is C22H21ClN2O4. The summed E-state index contributed by atoms with van der Waals surface area (Å²) < 4.78 is 17.0. The molecule has 0 fully saturated rings. The lowest BCUT2D eigenvalue weighted by atomic mass is 10.2. The molecule has 2 aromatic carbocycles. The van der Waals surface area contributed by atoms with E-state index in [1.165, 1.54) is 0 Å². The highest BCUT2D eigenvalue weighted by atomic mass is 35.5. The van der Waals surface area contributed by atoms with Gasteiger partial charge in [0.1, 0.15) is 5.69 Å². The van der Waals surface area contributed by atoms with E-state index in [2.05, 4.69) is 18.8 Å². The second-order valence-electron chi connectivity index (χ2n) is 7.23. The number of methoxy groups -OCH3 is 1. The topological polar surface area (TPSA) is 64.8 Å². The van der Waals surface area contributed by atoms with E-state index in [1.54, 1.807) is 30.2 Å². The summed E-state index contributed by atoms with van der Waals surface area (Å²) in [7, 11) is 1.58. The van der Waals surface area contributed by atoms with Gasteiger partial charge in [-0.3, -0.25) is 9.69 Å². The highest BCUT2D eigenvalue weighted by molar-refractivity contribution is 6.30. The van der Waals surface area contributed by atoms with Crippen molar-refractivity contribution in [3.63, 3.8) is 0 Å².